The topological polar surface area (TPSA) is 58.6 Å². The van der Waals surface area contributed by atoms with Gasteiger partial charge in [0.05, 0.1) is 10.0 Å². The number of nitrogens with zero attached hydrogens (tertiary/aromatic N) is 1. The zero-order valence-electron chi connectivity index (χ0n) is 14.4. The highest BCUT2D eigenvalue weighted by atomic mass is 79.9. The summed E-state index contributed by atoms with van der Waals surface area (Å²) in [5.74, 6) is -2.79. The van der Waals surface area contributed by atoms with Crippen molar-refractivity contribution in [3.63, 3.8) is 0 Å². The second-order valence-corrected chi connectivity index (χ2v) is 7.79. The Morgan fingerprint density at radius 3 is 2.36 bits per heavy atom. The molecule has 2 rings (SSSR count). The summed E-state index contributed by atoms with van der Waals surface area (Å²) in [7, 11) is 0. The van der Waals surface area contributed by atoms with Crippen molar-refractivity contribution < 1.29 is 23.1 Å². The molecule has 1 N–H and O–H groups in total. The van der Waals surface area contributed by atoms with E-state index in [0.717, 1.165) is 0 Å². The predicted octanol–water partition coefficient (Wildman–Crippen LogP) is 3.86. The average molecular weight is 419 g/mol. The van der Waals surface area contributed by atoms with Crippen LogP contribution in [0.5, 0.6) is 0 Å². The fourth-order valence-electron chi connectivity index (χ4n) is 2.56. The summed E-state index contributed by atoms with van der Waals surface area (Å²) in [6.45, 7) is 6.02. The van der Waals surface area contributed by atoms with Crippen molar-refractivity contribution in [1.29, 1.82) is 0 Å². The number of amides is 2. The SMILES string of the molecule is CC(C)(C)OC(=O)NC1CCN(C(=O)c2ccc(Br)c(F)c2F)CC1. The van der Waals surface area contributed by atoms with E-state index in [0.29, 0.717) is 25.9 Å². The van der Waals surface area contributed by atoms with E-state index in [1.54, 1.807) is 20.8 Å². The normalized spacial score (nSPS) is 15.8. The maximum absolute atomic E-state index is 13.9. The zero-order valence-corrected chi connectivity index (χ0v) is 16.0. The molecule has 0 aromatic heterocycles. The summed E-state index contributed by atoms with van der Waals surface area (Å²) in [6.07, 6.45) is 0.537. The van der Waals surface area contributed by atoms with Crippen LogP contribution in [0.3, 0.4) is 0 Å². The molecule has 0 unspecified atom stereocenters. The molecule has 1 aliphatic rings. The quantitative estimate of drug-likeness (QED) is 0.741. The molecule has 1 fully saturated rings. The van der Waals surface area contributed by atoms with Gasteiger partial charge in [0.15, 0.2) is 11.6 Å². The minimum atomic E-state index is -1.16. The molecule has 138 valence electrons. The fourth-order valence-corrected chi connectivity index (χ4v) is 2.87. The van der Waals surface area contributed by atoms with Crippen LogP contribution in [-0.4, -0.2) is 41.6 Å². The van der Waals surface area contributed by atoms with Gasteiger partial charge in [0.2, 0.25) is 0 Å². The van der Waals surface area contributed by atoms with Crippen LogP contribution in [0.4, 0.5) is 13.6 Å². The van der Waals surface area contributed by atoms with E-state index in [2.05, 4.69) is 21.2 Å². The minimum absolute atomic E-state index is 0.0261. The maximum atomic E-state index is 13.9. The number of carbonyl (C=O) groups excluding carboxylic acids is 2. The average Bonchev–Trinajstić information content (AvgIpc) is 2.51. The molecule has 1 aromatic rings. The van der Waals surface area contributed by atoms with Crippen LogP contribution in [0.15, 0.2) is 16.6 Å². The number of benzene rings is 1. The molecule has 0 radical (unpaired) electrons. The number of carbonyl (C=O) groups is 2. The summed E-state index contributed by atoms with van der Waals surface area (Å²) in [4.78, 5) is 25.6. The lowest BCUT2D eigenvalue weighted by molar-refractivity contribution is 0.0473. The van der Waals surface area contributed by atoms with Gasteiger partial charge in [-0.2, -0.15) is 0 Å². The van der Waals surface area contributed by atoms with Crippen molar-refractivity contribution in [2.45, 2.75) is 45.3 Å². The molecule has 1 aliphatic heterocycles. The van der Waals surface area contributed by atoms with Crippen molar-refractivity contribution in [3.05, 3.63) is 33.8 Å². The molecule has 5 nitrogen and oxygen atoms in total. The molecule has 0 bridgehead atoms. The van der Waals surface area contributed by atoms with Crippen molar-refractivity contribution >= 4 is 27.9 Å². The number of hydrogen-bond donors (Lipinski definition) is 1. The molecule has 8 heteroatoms. The van der Waals surface area contributed by atoms with Gasteiger partial charge >= 0.3 is 6.09 Å². The third-order valence-corrected chi connectivity index (χ3v) is 4.38. The van der Waals surface area contributed by atoms with Gasteiger partial charge in [0, 0.05) is 19.1 Å². The Morgan fingerprint density at radius 2 is 1.80 bits per heavy atom. The number of nitrogens with one attached hydrogen (secondary N) is 1. The van der Waals surface area contributed by atoms with Crippen LogP contribution in [-0.2, 0) is 4.74 Å². The Balaban J connectivity index is 1.93. The standard InChI is InChI=1S/C17H21BrF2N2O3/c1-17(2,3)25-16(24)21-10-6-8-22(9-7-10)15(23)11-4-5-12(18)14(20)13(11)19/h4-5,10H,6-9H2,1-3H3,(H,21,24). The van der Waals surface area contributed by atoms with Crippen molar-refractivity contribution in [2.24, 2.45) is 0 Å². The Hall–Kier alpha value is -1.70. The highest BCUT2D eigenvalue weighted by molar-refractivity contribution is 9.10. The van der Waals surface area contributed by atoms with Crippen molar-refractivity contribution in [2.75, 3.05) is 13.1 Å². The van der Waals surface area contributed by atoms with Gasteiger partial charge in [-0.05, 0) is 61.7 Å². The smallest absolute Gasteiger partial charge is 0.407 e. The van der Waals surface area contributed by atoms with Gasteiger partial charge < -0.3 is 15.0 Å². The molecule has 25 heavy (non-hydrogen) atoms. The first-order valence-corrected chi connectivity index (χ1v) is 8.80. The number of rotatable bonds is 2. The summed E-state index contributed by atoms with van der Waals surface area (Å²) >= 11 is 2.88. The van der Waals surface area contributed by atoms with Gasteiger partial charge in [0.25, 0.3) is 5.91 Å². The molecule has 0 aliphatic carbocycles. The Kier molecular flexibility index (Phi) is 6.03. The van der Waals surface area contributed by atoms with Crippen molar-refractivity contribution in [1.82, 2.24) is 10.2 Å². The first kappa shape index (κ1) is 19.6. The lowest BCUT2D eigenvalue weighted by Gasteiger charge is -2.33. The number of alkyl carbamates (subject to hydrolysis) is 1. The summed E-state index contributed by atoms with van der Waals surface area (Å²) in [5.41, 5.74) is -0.872. The molecule has 1 aromatic carbocycles. The van der Waals surface area contributed by atoms with Gasteiger partial charge in [-0.25, -0.2) is 13.6 Å². The van der Waals surface area contributed by atoms with E-state index in [-0.39, 0.29) is 16.1 Å². The van der Waals surface area contributed by atoms with E-state index in [1.807, 2.05) is 0 Å². The second kappa shape index (κ2) is 7.68. The summed E-state index contributed by atoms with van der Waals surface area (Å²) in [6, 6.07) is 2.45. The van der Waals surface area contributed by atoms with Gasteiger partial charge in [-0.3, -0.25) is 4.79 Å². The number of hydrogen-bond acceptors (Lipinski definition) is 3. The van der Waals surface area contributed by atoms with E-state index in [9.17, 15) is 18.4 Å². The molecule has 0 atom stereocenters. The minimum Gasteiger partial charge on any atom is -0.444 e. The molecular weight excluding hydrogens is 398 g/mol. The van der Waals surface area contributed by atoms with E-state index in [4.69, 9.17) is 4.74 Å². The third kappa shape index (κ3) is 5.14. The Labute approximate surface area is 153 Å². The zero-order chi connectivity index (χ0) is 18.8. The number of piperidine rings is 1. The first-order chi connectivity index (χ1) is 11.6. The Morgan fingerprint density at radius 1 is 1.20 bits per heavy atom. The largest absolute Gasteiger partial charge is 0.444 e. The van der Waals surface area contributed by atoms with E-state index < -0.39 is 29.2 Å². The van der Waals surface area contributed by atoms with Gasteiger partial charge in [-0.15, -0.1) is 0 Å². The van der Waals surface area contributed by atoms with Gasteiger partial charge in [0.1, 0.15) is 5.60 Å². The molecular formula is C17H21BrF2N2O3. The molecule has 1 heterocycles. The predicted molar refractivity (Wildman–Crippen MR) is 92.4 cm³/mol. The van der Waals surface area contributed by atoms with Crippen LogP contribution < -0.4 is 5.32 Å². The fraction of sp³-hybridized carbons (Fsp3) is 0.529. The number of ether oxygens (including phenoxy) is 1. The monoisotopic (exact) mass is 418 g/mol. The van der Waals surface area contributed by atoms with Gasteiger partial charge in [-0.1, -0.05) is 0 Å². The summed E-state index contributed by atoms with van der Waals surface area (Å²) < 4.78 is 32.7. The third-order valence-electron chi connectivity index (χ3n) is 3.77. The maximum Gasteiger partial charge on any atom is 0.407 e. The van der Waals surface area contributed by atoms with Crippen LogP contribution >= 0.6 is 15.9 Å². The van der Waals surface area contributed by atoms with E-state index >= 15 is 0 Å². The number of likely N-dealkylation sites (tertiary alicyclic amines) is 1. The Bertz CT molecular complexity index is 669. The van der Waals surface area contributed by atoms with E-state index in [1.165, 1.54) is 17.0 Å². The summed E-state index contributed by atoms with van der Waals surface area (Å²) in [5, 5.41) is 2.76. The van der Waals surface area contributed by atoms with Crippen LogP contribution in [0.25, 0.3) is 0 Å². The lowest BCUT2D eigenvalue weighted by Crippen LogP contribution is -2.47. The highest BCUT2D eigenvalue weighted by Crippen LogP contribution is 2.23. The molecule has 2 amide bonds. The molecule has 1 saturated heterocycles. The van der Waals surface area contributed by atoms with Crippen molar-refractivity contribution in [3.8, 4) is 0 Å². The number of halogens is 3. The van der Waals surface area contributed by atoms with Crippen LogP contribution in [0, 0.1) is 11.6 Å². The van der Waals surface area contributed by atoms with Crippen LogP contribution in [0.1, 0.15) is 44.0 Å². The second-order valence-electron chi connectivity index (χ2n) is 6.94. The lowest BCUT2D eigenvalue weighted by atomic mass is 10.0. The van der Waals surface area contributed by atoms with Crippen LogP contribution in [0.2, 0.25) is 0 Å². The molecule has 0 spiro atoms. The highest BCUT2D eigenvalue weighted by Gasteiger charge is 2.28. The molecule has 0 saturated carbocycles. The first-order valence-electron chi connectivity index (χ1n) is 8.01.